The molecule has 1 N–H and O–H groups in total. The predicted molar refractivity (Wildman–Crippen MR) is 104 cm³/mol. The lowest BCUT2D eigenvalue weighted by atomic mass is 10.1. The third kappa shape index (κ3) is 5.61. The Balaban J connectivity index is 1.38. The van der Waals surface area contributed by atoms with E-state index in [1.54, 1.807) is 24.3 Å². The number of nitrogens with one attached hydrogen (secondary N) is 1. The molecule has 0 unspecified atom stereocenters. The Morgan fingerprint density at radius 2 is 1.41 bits per heavy atom. The summed E-state index contributed by atoms with van der Waals surface area (Å²) < 4.78 is 0. The van der Waals surface area contributed by atoms with Crippen LogP contribution in [0.5, 0.6) is 0 Å². The second kappa shape index (κ2) is 9.10. The zero-order valence-electron chi connectivity index (χ0n) is 15.9. The Morgan fingerprint density at radius 3 is 1.96 bits per heavy atom. The number of Topliss-reactive ketones (excluding diaryl/α,β-unsaturated/α-hetero) is 1. The van der Waals surface area contributed by atoms with Gasteiger partial charge in [0.1, 0.15) is 0 Å². The van der Waals surface area contributed by atoms with Crippen LogP contribution in [0.1, 0.15) is 30.1 Å². The number of ketones is 1. The number of nitrogens with zero attached hydrogens (tertiary/aromatic N) is 3. The van der Waals surface area contributed by atoms with E-state index in [4.69, 9.17) is 0 Å². The van der Waals surface area contributed by atoms with Gasteiger partial charge in [0, 0.05) is 50.5 Å². The molecule has 2 heterocycles. The Hall–Kier alpha value is -2.25. The molecule has 2 amide bonds. The molecule has 146 valence electrons. The van der Waals surface area contributed by atoms with Crippen molar-refractivity contribution in [3.05, 3.63) is 29.8 Å². The zero-order chi connectivity index (χ0) is 19.2. The highest BCUT2D eigenvalue weighted by Crippen LogP contribution is 2.11. The molecule has 3 rings (SSSR count). The van der Waals surface area contributed by atoms with Gasteiger partial charge in [-0.2, -0.15) is 0 Å². The third-order valence-electron chi connectivity index (χ3n) is 5.22. The first-order valence-corrected chi connectivity index (χ1v) is 9.64. The van der Waals surface area contributed by atoms with Gasteiger partial charge in [0.15, 0.2) is 5.78 Å². The summed E-state index contributed by atoms with van der Waals surface area (Å²) in [5.41, 5.74) is 1.33. The minimum absolute atomic E-state index is 0.00830. The van der Waals surface area contributed by atoms with Crippen molar-refractivity contribution in [2.24, 2.45) is 0 Å². The number of rotatable bonds is 6. The number of anilines is 1. The van der Waals surface area contributed by atoms with Gasteiger partial charge in [0.25, 0.3) is 0 Å². The molecule has 0 atom stereocenters. The molecule has 0 aromatic heterocycles. The number of carbonyl (C=O) groups is 3. The van der Waals surface area contributed by atoms with Crippen molar-refractivity contribution in [1.29, 1.82) is 0 Å². The van der Waals surface area contributed by atoms with Gasteiger partial charge in [-0.25, -0.2) is 0 Å². The Labute approximate surface area is 160 Å². The summed E-state index contributed by atoms with van der Waals surface area (Å²) in [7, 11) is 0. The highest BCUT2D eigenvalue weighted by molar-refractivity contribution is 5.96. The monoisotopic (exact) mass is 372 g/mol. The first-order chi connectivity index (χ1) is 13.0. The summed E-state index contributed by atoms with van der Waals surface area (Å²) >= 11 is 0. The fourth-order valence-corrected chi connectivity index (χ4v) is 3.56. The van der Waals surface area contributed by atoms with Crippen LogP contribution in [0.4, 0.5) is 5.69 Å². The van der Waals surface area contributed by atoms with Gasteiger partial charge in [-0.1, -0.05) is 0 Å². The zero-order valence-corrected chi connectivity index (χ0v) is 15.9. The molecule has 0 saturated carbocycles. The molecule has 7 heteroatoms. The lowest BCUT2D eigenvalue weighted by molar-refractivity contribution is -0.132. The van der Waals surface area contributed by atoms with Gasteiger partial charge in [-0.3, -0.25) is 24.2 Å². The molecule has 2 aliphatic heterocycles. The van der Waals surface area contributed by atoms with E-state index in [-0.39, 0.29) is 17.6 Å². The number of hydrogen-bond donors (Lipinski definition) is 1. The van der Waals surface area contributed by atoms with Crippen molar-refractivity contribution < 1.29 is 14.4 Å². The van der Waals surface area contributed by atoms with E-state index < -0.39 is 0 Å². The number of benzene rings is 1. The average Bonchev–Trinajstić information content (AvgIpc) is 3.18. The second-order valence-electron chi connectivity index (χ2n) is 7.32. The smallest absolute Gasteiger partial charge is 0.238 e. The molecule has 0 radical (unpaired) electrons. The third-order valence-corrected chi connectivity index (χ3v) is 5.22. The molecule has 2 saturated heterocycles. The van der Waals surface area contributed by atoms with Crippen molar-refractivity contribution >= 4 is 23.3 Å². The van der Waals surface area contributed by atoms with E-state index in [9.17, 15) is 14.4 Å². The quantitative estimate of drug-likeness (QED) is 0.756. The molecule has 1 aromatic carbocycles. The van der Waals surface area contributed by atoms with Crippen LogP contribution < -0.4 is 5.32 Å². The number of hydrogen-bond acceptors (Lipinski definition) is 5. The van der Waals surface area contributed by atoms with Crippen LogP contribution in [0, 0.1) is 0 Å². The SMILES string of the molecule is CC(=O)c1ccc(NC(=O)CN2CCN(CC(=O)N3CCCC3)CC2)cc1. The van der Waals surface area contributed by atoms with Crippen LogP contribution in [-0.4, -0.2) is 84.7 Å². The van der Waals surface area contributed by atoms with Gasteiger partial charge in [0.2, 0.25) is 11.8 Å². The van der Waals surface area contributed by atoms with Gasteiger partial charge in [-0.05, 0) is 44.0 Å². The molecule has 2 aliphatic rings. The van der Waals surface area contributed by atoms with Crippen LogP contribution in [0.3, 0.4) is 0 Å². The number of carbonyl (C=O) groups excluding carboxylic acids is 3. The first-order valence-electron chi connectivity index (χ1n) is 9.64. The highest BCUT2D eigenvalue weighted by Gasteiger charge is 2.24. The molecular formula is C20H28N4O3. The van der Waals surface area contributed by atoms with Crippen molar-refractivity contribution in [2.75, 3.05) is 57.7 Å². The van der Waals surface area contributed by atoms with Crippen molar-refractivity contribution in [1.82, 2.24) is 14.7 Å². The van der Waals surface area contributed by atoms with Crippen molar-refractivity contribution in [2.45, 2.75) is 19.8 Å². The predicted octanol–water partition coefficient (Wildman–Crippen LogP) is 1.07. The Kier molecular flexibility index (Phi) is 6.58. The Bertz CT molecular complexity index is 675. The topological polar surface area (TPSA) is 73.0 Å². The van der Waals surface area contributed by atoms with Crippen molar-refractivity contribution in [3.63, 3.8) is 0 Å². The van der Waals surface area contributed by atoms with Crippen LogP contribution in [-0.2, 0) is 9.59 Å². The van der Waals surface area contributed by atoms with Gasteiger partial charge >= 0.3 is 0 Å². The Morgan fingerprint density at radius 1 is 0.852 bits per heavy atom. The lowest BCUT2D eigenvalue weighted by Gasteiger charge is -2.34. The average molecular weight is 372 g/mol. The molecule has 0 bridgehead atoms. The second-order valence-corrected chi connectivity index (χ2v) is 7.32. The van der Waals surface area contributed by atoms with E-state index in [2.05, 4.69) is 15.1 Å². The van der Waals surface area contributed by atoms with E-state index in [0.29, 0.717) is 24.3 Å². The van der Waals surface area contributed by atoms with E-state index in [1.807, 2.05) is 4.90 Å². The largest absolute Gasteiger partial charge is 0.342 e. The number of piperazine rings is 1. The van der Waals surface area contributed by atoms with Crippen LogP contribution in [0.15, 0.2) is 24.3 Å². The maximum absolute atomic E-state index is 12.2. The molecule has 7 nitrogen and oxygen atoms in total. The van der Waals surface area contributed by atoms with Crippen molar-refractivity contribution in [3.8, 4) is 0 Å². The fraction of sp³-hybridized carbons (Fsp3) is 0.550. The molecule has 1 aromatic rings. The minimum Gasteiger partial charge on any atom is -0.342 e. The molecule has 0 spiro atoms. The molecule has 27 heavy (non-hydrogen) atoms. The minimum atomic E-state index is -0.0628. The van der Waals surface area contributed by atoms with E-state index >= 15 is 0 Å². The maximum atomic E-state index is 12.2. The number of likely N-dealkylation sites (tertiary alicyclic amines) is 1. The molecule has 0 aliphatic carbocycles. The summed E-state index contributed by atoms with van der Waals surface area (Å²) in [6.45, 7) is 7.31. The van der Waals surface area contributed by atoms with Crippen LogP contribution >= 0.6 is 0 Å². The summed E-state index contributed by atoms with van der Waals surface area (Å²) in [6, 6.07) is 6.93. The maximum Gasteiger partial charge on any atom is 0.238 e. The van der Waals surface area contributed by atoms with Crippen LogP contribution in [0.2, 0.25) is 0 Å². The van der Waals surface area contributed by atoms with Crippen LogP contribution in [0.25, 0.3) is 0 Å². The molecular weight excluding hydrogens is 344 g/mol. The highest BCUT2D eigenvalue weighted by atomic mass is 16.2. The summed E-state index contributed by atoms with van der Waals surface area (Å²) in [4.78, 5) is 42.0. The van der Waals surface area contributed by atoms with E-state index in [0.717, 1.165) is 52.1 Å². The normalized spacial score (nSPS) is 18.5. The van der Waals surface area contributed by atoms with Gasteiger partial charge in [-0.15, -0.1) is 0 Å². The van der Waals surface area contributed by atoms with E-state index in [1.165, 1.54) is 6.92 Å². The first kappa shape index (κ1) is 19.5. The lowest BCUT2D eigenvalue weighted by Crippen LogP contribution is -2.51. The van der Waals surface area contributed by atoms with Gasteiger partial charge in [0.05, 0.1) is 13.1 Å². The summed E-state index contributed by atoms with van der Waals surface area (Å²) in [6.07, 6.45) is 2.23. The standard InChI is InChI=1S/C20H28N4O3/c1-16(25)17-4-6-18(7-5-17)21-19(26)14-22-10-12-23(13-11-22)15-20(27)24-8-2-3-9-24/h4-7H,2-3,8-15H2,1H3,(H,21,26). The fourth-order valence-electron chi connectivity index (χ4n) is 3.56. The summed E-state index contributed by atoms with van der Waals surface area (Å²) in [5.74, 6) is 0.175. The molecule has 2 fully saturated rings. The van der Waals surface area contributed by atoms with Gasteiger partial charge < -0.3 is 10.2 Å². The number of amides is 2. The summed E-state index contributed by atoms with van der Waals surface area (Å²) in [5, 5.41) is 2.87.